The van der Waals surface area contributed by atoms with Gasteiger partial charge < -0.3 is 10.2 Å². The average Bonchev–Trinajstić information content (AvgIpc) is 2.38. The van der Waals surface area contributed by atoms with Gasteiger partial charge in [0.1, 0.15) is 0 Å². The van der Waals surface area contributed by atoms with Gasteiger partial charge >= 0.3 is 0 Å². The van der Waals surface area contributed by atoms with Crippen molar-refractivity contribution >= 4 is 27.7 Å². The van der Waals surface area contributed by atoms with E-state index in [4.69, 9.17) is 0 Å². The molecule has 0 unspecified atom stereocenters. The molecular weight excluding hydrogens is 296 g/mol. The third kappa shape index (κ3) is 4.14. The molecule has 18 heavy (non-hydrogen) atoms. The predicted molar refractivity (Wildman–Crippen MR) is 74.4 cm³/mol. The number of benzene rings is 1. The van der Waals surface area contributed by atoms with Gasteiger partial charge in [-0.05, 0) is 30.7 Å². The topological polar surface area (TPSA) is 49.4 Å². The summed E-state index contributed by atoms with van der Waals surface area (Å²) in [5.41, 5.74) is 0.593. The van der Waals surface area contributed by atoms with Gasteiger partial charge in [-0.1, -0.05) is 22.9 Å². The van der Waals surface area contributed by atoms with Crippen molar-refractivity contribution in [2.45, 2.75) is 13.3 Å². The quantitative estimate of drug-likeness (QED) is 0.904. The summed E-state index contributed by atoms with van der Waals surface area (Å²) in [6.45, 7) is 2.65. The van der Waals surface area contributed by atoms with Crippen LogP contribution in [0.25, 0.3) is 0 Å². The van der Waals surface area contributed by atoms with E-state index in [0.717, 1.165) is 10.9 Å². The van der Waals surface area contributed by atoms with Crippen molar-refractivity contribution in [2.24, 2.45) is 0 Å². The summed E-state index contributed by atoms with van der Waals surface area (Å²) in [7, 11) is 1.57. The van der Waals surface area contributed by atoms with E-state index in [1.54, 1.807) is 24.1 Å². The van der Waals surface area contributed by atoms with Gasteiger partial charge in [-0.25, -0.2) is 0 Å². The second-order valence-corrected chi connectivity index (χ2v) is 4.82. The van der Waals surface area contributed by atoms with Crippen molar-refractivity contribution in [2.75, 3.05) is 20.1 Å². The highest BCUT2D eigenvalue weighted by Gasteiger charge is 2.17. The molecule has 0 aromatic heterocycles. The van der Waals surface area contributed by atoms with Crippen LogP contribution < -0.4 is 5.32 Å². The van der Waals surface area contributed by atoms with Crippen molar-refractivity contribution in [3.05, 3.63) is 34.3 Å². The van der Waals surface area contributed by atoms with E-state index >= 15 is 0 Å². The molecule has 1 aromatic carbocycles. The van der Waals surface area contributed by atoms with Gasteiger partial charge in [0.2, 0.25) is 5.91 Å². The molecule has 0 fully saturated rings. The molecule has 0 aliphatic carbocycles. The minimum Gasteiger partial charge on any atom is -0.358 e. The van der Waals surface area contributed by atoms with Crippen LogP contribution in [0.4, 0.5) is 0 Å². The lowest BCUT2D eigenvalue weighted by Crippen LogP contribution is -2.40. The molecule has 0 saturated carbocycles. The molecule has 2 amide bonds. The first kappa shape index (κ1) is 14.7. The Morgan fingerprint density at radius 2 is 1.89 bits per heavy atom. The van der Waals surface area contributed by atoms with E-state index in [9.17, 15) is 9.59 Å². The summed E-state index contributed by atoms with van der Waals surface area (Å²) in [4.78, 5) is 25.2. The van der Waals surface area contributed by atoms with E-state index in [0.29, 0.717) is 12.1 Å². The number of carbonyl (C=O) groups excluding carboxylic acids is 2. The maximum Gasteiger partial charge on any atom is 0.254 e. The minimum absolute atomic E-state index is 0.0965. The molecule has 1 N–H and O–H groups in total. The van der Waals surface area contributed by atoms with Crippen LogP contribution in [-0.4, -0.2) is 36.9 Å². The van der Waals surface area contributed by atoms with Gasteiger partial charge in [-0.2, -0.15) is 0 Å². The Kier molecular flexibility index (Phi) is 5.85. The van der Waals surface area contributed by atoms with E-state index in [1.165, 1.54) is 0 Å². The van der Waals surface area contributed by atoms with Gasteiger partial charge in [0, 0.05) is 23.6 Å². The van der Waals surface area contributed by atoms with Crippen molar-refractivity contribution in [1.82, 2.24) is 10.2 Å². The average molecular weight is 313 g/mol. The Morgan fingerprint density at radius 1 is 1.28 bits per heavy atom. The van der Waals surface area contributed by atoms with E-state index in [1.807, 2.05) is 19.1 Å². The number of nitrogens with zero attached hydrogens (tertiary/aromatic N) is 1. The van der Waals surface area contributed by atoms with Crippen LogP contribution in [0.3, 0.4) is 0 Å². The zero-order valence-electron chi connectivity index (χ0n) is 10.6. The van der Waals surface area contributed by atoms with E-state index < -0.39 is 0 Å². The molecule has 0 radical (unpaired) electrons. The normalized spacial score (nSPS) is 9.94. The number of hydrogen-bond acceptors (Lipinski definition) is 2. The number of hydrogen-bond donors (Lipinski definition) is 1. The van der Waals surface area contributed by atoms with Gasteiger partial charge in [0.05, 0.1) is 6.54 Å². The Morgan fingerprint density at radius 3 is 2.39 bits per heavy atom. The molecular formula is C13H17BrN2O2. The summed E-state index contributed by atoms with van der Waals surface area (Å²) in [6.07, 6.45) is 0.819. The molecule has 0 saturated heterocycles. The molecule has 0 aliphatic heterocycles. The van der Waals surface area contributed by atoms with Crippen LogP contribution in [-0.2, 0) is 4.79 Å². The smallest absolute Gasteiger partial charge is 0.254 e. The summed E-state index contributed by atoms with van der Waals surface area (Å²) in [6, 6.07) is 7.13. The van der Waals surface area contributed by atoms with Crippen molar-refractivity contribution in [3.63, 3.8) is 0 Å². The summed E-state index contributed by atoms with van der Waals surface area (Å²) >= 11 is 3.32. The fourth-order valence-corrected chi connectivity index (χ4v) is 1.81. The maximum absolute atomic E-state index is 12.2. The predicted octanol–water partition coefficient (Wildman–Crippen LogP) is 2.05. The third-order valence-electron chi connectivity index (χ3n) is 2.49. The highest BCUT2D eigenvalue weighted by atomic mass is 79.9. The Labute approximate surface area is 115 Å². The monoisotopic (exact) mass is 312 g/mol. The minimum atomic E-state index is -0.158. The van der Waals surface area contributed by atoms with Crippen LogP contribution >= 0.6 is 15.9 Å². The first-order chi connectivity index (χ1) is 8.58. The summed E-state index contributed by atoms with van der Waals surface area (Å²) in [5, 5.41) is 2.53. The fraction of sp³-hybridized carbons (Fsp3) is 0.385. The first-order valence-corrected chi connectivity index (χ1v) is 6.63. The molecule has 0 aliphatic rings. The number of likely N-dealkylation sites (N-methyl/N-ethyl adjacent to an activating group) is 1. The molecule has 1 rings (SSSR count). The molecule has 0 atom stereocenters. The van der Waals surface area contributed by atoms with Gasteiger partial charge in [0.25, 0.3) is 5.91 Å². The second-order valence-electron chi connectivity index (χ2n) is 3.91. The molecule has 0 heterocycles. The summed E-state index contributed by atoms with van der Waals surface area (Å²) in [5.74, 6) is -0.276. The Hall–Kier alpha value is -1.36. The lowest BCUT2D eigenvalue weighted by molar-refractivity contribution is -0.121. The molecule has 1 aromatic rings. The zero-order valence-corrected chi connectivity index (χ0v) is 12.2. The standard InChI is InChI=1S/C13H17BrN2O2/c1-3-8-16(9-12(17)15-2)13(18)10-4-6-11(14)7-5-10/h4-7H,3,8-9H2,1-2H3,(H,15,17). The lowest BCUT2D eigenvalue weighted by atomic mass is 10.2. The highest BCUT2D eigenvalue weighted by Crippen LogP contribution is 2.12. The second kappa shape index (κ2) is 7.16. The van der Waals surface area contributed by atoms with Crippen LogP contribution in [0.15, 0.2) is 28.7 Å². The van der Waals surface area contributed by atoms with Gasteiger partial charge in [-0.15, -0.1) is 0 Å². The number of amides is 2. The van der Waals surface area contributed by atoms with Gasteiger partial charge in [-0.3, -0.25) is 9.59 Å². The first-order valence-electron chi connectivity index (χ1n) is 5.84. The van der Waals surface area contributed by atoms with Crippen LogP contribution in [0.1, 0.15) is 23.7 Å². The number of halogens is 1. The number of nitrogens with one attached hydrogen (secondary N) is 1. The van der Waals surface area contributed by atoms with E-state index in [-0.39, 0.29) is 18.4 Å². The van der Waals surface area contributed by atoms with Crippen LogP contribution in [0.5, 0.6) is 0 Å². The number of rotatable bonds is 5. The molecule has 98 valence electrons. The van der Waals surface area contributed by atoms with Crippen molar-refractivity contribution in [1.29, 1.82) is 0 Å². The van der Waals surface area contributed by atoms with Gasteiger partial charge in [0.15, 0.2) is 0 Å². The Balaban J connectivity index is 2.81. The van der Waals surface area contributed by atoms with Crippen molar-refractivity contribution < 1.29 is 9.59 Å². The summed E-state index contributed by atoms with van der Waals surface area (Å²) < 4.78 is 0.924. The largest absolute Gasteiger partial charge is 0.358 e. The van der Waals surface area contributed by atoms with Crippen LogP contribution in [0.2, 0.25) is 0 Å². The third-order valence-corrected chi connectivity index (χ3v) is 3.01. The van der Waals surface area contributed by atoms with E-state index in [2.05, 4.69) is 21.2 Å². The molecule has 4 nitrogen and oxygen atoms in total. The van der Waals surface area contributed by atoms with Crippen molar-refractivity contribution in [3.8, 4) is 0 Å². The molecule has 5 heteroatoms. The fourth-order valence-electron chi connectivity index (χ4n) is 1.55. The lowest BCUT2D eigenvalue weighted by Gasteiger charge is -2.21. The molecule has 0 bridgehead atoms. The maximum atomic E-state index is 12.2. The van der Waals surface area contributed by atoms with Crippen LogP contribution in [0, 0.1) is 0 Å². The Bertz CT molecular complexity index is 418. The highest BCUT2D eigenvalue weighted by molar-refractivity contribution is 9.10. The SMILES string of the molecule is CCCN(CC(=O)NC)C(=O)c1ccc(Br)cc1. The number of carbonyl (C=O) groups is 2. The zero-order chi connectivity index (χ0) is 13.5. The molecule has 0 spiro atoms.